The summed E-state index contributed by atoms with van der Waals surface area (Å²) in [6.45, 7) is 2.26. The third kappa shape index (κ3) is 3.75. The number of carbonyl (C=O) groups is 2. The molecule has 0 fully saturated rings. The summed E-state index contributed by atoms with van der Waals surface area (Å²) in [5.41, 5.74) is 1.53. The zero-order valence-electron chi connectivity index (χ0n) is 14.4. The number of halogens is 1. The Hall–Kier alpha value is -2.74. The number of fused-ring (bicyclic) bond motifs is 1. The lowest BCUT2D eigenvalue weighted by molar-refractivity contribution is -0.140. The van der Waals surface area contributed by atoms with Gasteiger partial charge in [0.25, 0.3) is 5.91 Å². The second-order valence-electron chi connectivity index (χ2n) is 5.74. The number of nitrogens with one attached hydrogen (secondary N) is 1. The Morgan fingerprint density at radius 1 is 1.31 bits per heavy atom. The summed E-state index contributed by atoms with van der Waals surface area (Å²) in [5, 5.41) is 8.16. The molecule has 8 heteroatoms. The lowest BCUT2D eigenvalue weighted by Crippen LogP contribution is -2.24. The predicted octanol–water partition coefficient (Wildman–Crippen LogP) is 3.22. The van der Waals surface area contributed by atoms with E-state index in [1.165, 1.54) is 30.6 Å². The number of aryl methyl sites for hydroxylation is 1. The lowest BCUT2D eigenvalue weighted by Gasteiger charge is -2.03. The number of hydrogen-bond acceptors (Lipinski definition) is 5. The molecule has 0 saturated heterocycles. The van der Waals surface area contributed by atoms with Crippen LogP contribution in [0.5, 0.6) is 0 Å². The van der Waals surface area contributed by atoms with Gasteiger partial charge >= 0.3 is 5.97 Å². The van der Waals surface area contributed by atoms with Gasteiger partial charge in [0.15, 0.2) is 0 Å². The Morgan fingerprint density at radius 2 is 2.04 bits per heavy atom. The van der Waals surface area contributed by atoms with Gasteiger partial charge < -0.3 is 10.1 Å². The molecule has 0 saturated carbocycles. The van der Waals surface area contributed by atoms with Crippen LogP contribution >= 0.6 is 11.3 Å². The van der Waals surface area contributed by atoms with Crippen LogP contribution in [0.2, 0.25) is 0 Å². The first-order valence-electron chi connectivity index (χ1n) is 8.09. The maximum Gasteiger partial charge on any atom is 0.305 e. The van der Waals surface area contributed by atoms with Crippen LogP contribution < -0.4 is 5.32 Å². The number of ether oxygens (including phenoxy) is 1. The molecule has 1 aromatic carbocycles. The molecule has 0 unspecified atom stereocenters. The SMILES string of the molecule is COC(=O)CCCNC(=O)c1cc2c(C)nn(-c3ccc(F)cc3)c2s1. The Kier molecular flexibility index (Phi) is 5.32. The van der Waals surface area contributed by atoms with Crippen molar-refractivity contribution in [3.8, 4) is 5.69 Å². The van der Waals surface area contributed by atoms with Gasteiger partial charge in [-0.1, -0.05) is 0 Å². The van der Waals surface area contributed by atoms with E-state index in [4.69, 9.17) is 0 Å². The molecule has 2 aromatic heterocycles. The van der Waals surface area contributed by atoms with Gasteiger partial charge in [0.2, 0.25) is 0 Å². The molecule has 0 spiro atoms. The summed E-state index contributed by atoms with van der Waals surface area (Å²) in [4.78, 5) is 24.8. The van der Waals surface area contributed by atoms with Gasteiger partial charge in [-0.2, -0.15) is 5.10 Å². The van der Waals surface area contributed by atoms with Crippen molar-refractivity contribution < 1.29 is 18.7 Å². The predicted molar refractivity (Wildman–Crippen MR) is 97.2 cm³/mol. The van der Waals surface area contributed by atoms with E-state index < -0.39 is 0 Å². The second kappa shape index (κ2) is 7.65. The molecule has 2 heterocycles. The fourth-order valence-electron chi connectivity index (χ4n) is 2.54. The molecule has 3 rings (SSSR count). The van der Waals surface area contributed by atoms with Gasteiger partial charge in [-0.3, -0.25) is 9.59 Å². The minimum absolute atomic E-state index is 0.193. The number of rotatable bonds is 6. The van der Waals surface area contributed by atoms with E-state index in [9.17, 15) is 14.0 Å². The van der Waals surface area contributed by atoms with Crippen molar-refractivity contribution in [3.63, 3.8) is 0 Å². The standard InChI is InChI=1S/C18H18FN3O3S/c1-11-14-10-15(17(24)20-9-3-4-16(23)25-2)26-18(14)22(21-11)13-7-5-12(19)6-8-13/h5-8,10H,3-4,9H2,1-2H3,(H,20,24). The van der Waals surface area contributed by atoms with Gasteiger partial charge in [-0.15, -0.1) is 11.3 Å². The minimum atomic E-state index is -0.313. The van der Waals surface area contributed by atoms with Gasteiger partial charge in [-0.05, 0) is 43.7 Å². The second-order valence-corrected chi connectivity index (χ2v) is 6.77. The Balaban J connectivity index is 1.77. The largest absolute Gasteiger partial charge is 0.469 e. The molecule has 26 heavy (non-hydrogen) atoms. The molecule has 0 atom stereocenters. The summed E-state index contributed by atoms with van der Waals surface area (Å²) >= 11 is 1.32. The number of carbonyl (C=O) groups excluding carboxylic acids is 2. The van der Waals surface area contributed by atoms with Crippen molar-refractivity contribution in [2.24, 2.45) is 0 Å². The average molecular weight is 375 g/mol. The van der Waals surface area contributed by atoms with Gasteiger partial charge in [-0.25, -0.2) is 9.07 Å². The quantitative estimate of drug-likeness (QED) is 0.530. The van der Waals surface area contributed by atoms with Crippen LogP contribution in [0.4, 0.5) is 4.39 Å². The highest BCUT2D eigenvalue weighted by molar-refractivity contribution is 7.20. The zero-order valence-corrected chi connectivity index (χ0v) is 15.2. The molecule has 6 nitrogen and oxygen atoms in total. The van der Waals surface area contributed by atoms with Gasteiger partial charge in [0.05, 0.1) is 23.4 Å². The molecule has 1 N–H and O–H groups in total. The smallest absolute Gasteiger partial charge is 0.305 e. The first kappa shape index (κ1) is 18.1. The normalized spacial score (nSPS) is 10.9. The fraction of sp³-hybridized carbons (Fsp3) is 0.278. The van der Waals surface area contributed by atoms with E-state index in [2.05, 4.69) is 15.2 Å². The summed E-state index contributed by atoms with van der Waals surface area (Å²) in [6, 6.07) is 7.85. The molecule has 0 aliphatic heterocycles. The van der Waals surface area contributed by atoms with Gasteiger partial charge in [0, 0.05) is 18.4 Å². The number of methoxy groups -OCH3 is 1. The number of esters is 1. The van der Waals surface area contributed by atoms with Crippen molar-refractivity contribution in [3.05, 3.63) is 46.7 Å². The monoisotopic (exact) mass is 375 g/mol. The van der Waals surface area contributed by atoms with Crippen molar-refractivity contribution in [2.75, 3.05) is 13.7 Å². The van der Waals surface area contributed by atoms with Crippen molar-refractivity contribution in [2.45, 2.75) is 19.8 Å². The number of hydrogen-bond donors (Lipinski definition) is 1. The molecular weight excluding hydrogens is 357 g/mol. The van der Waals surface area contributed by atoms with Crippen LogP contribution in [0.15, 0.2) is 30.3 Å². The minimum Gasteiger partial charge on any atom is -0.469 e. The zero-order chi connectivity index (χ0) is 18.7. The van der Waals surface area contributed by atoms with E-state index in [1.807, 2.05) is 6.92 Å². The van der Waals surface area contributed by atoms with Crippen LogP contribution in [-0.2, 0) is 9.53 Å². The molecule has 0 bridgehead atoms. The van der Waals surface area contributed by atoms with E-state index in [0.717, 1.165) is 21.6 Å². The van der Waals surface area contributed by atoms with Crippen LogP contribution in [0.1, 0.15) is 28.2 Å². The molecular formula is C18H18FN3O3S. The summed E-state index contributed by atoms with van der Waals surface area (Å²) in [7, 11) is 1.34. The average Bonchev–Trinajstić information content (AvgIpc) is 3.20. The van der Waals surface area contributed by atoms with Crippen LogP contribution in [0.3, 0.4) is 0 Å². The van der Waals surface area contributed by atoms with E-state index in [0.29, 0.717) is 17.8 Å². The number of benzene rings is 1. The van der Waals surface area contributed by atoms with Crippen molar-refractivity contribution >= 4 is 33.4 Å². The summed E-state index contributed by atoms with van der Waals surface area (Å²) in [6.07, 6.45) is 0.785. The molecule has 0 aliphatic carbocycles. The number of aromatic nitrogens is 2. The molecule has 1 amide bonds. The highest BCUT2D eigenvalue weighted by Crippen LogP contribution is 2.30. The number of amides is 1. The first-order chi connectivity index (χ1) is 12.5. The van der Waals surface area contributed by atoms with Crippen LogP contribution in [0.25, 0.3) is 15.9 Å². The number of thiophene rings is 1. The molecule has 3 aromatic rings. The topological polar surface area (TPSA) is 73.2 Å². The third-order valence-electron chi connectivity index (χ3n) is 3.91. The number of nitrogens with zero attached hydrogens (tertiary/aromatic N) is 2. The highest BCUT2D eigenvalue weighted by Gasteiger charge is 2.17. The van der Waals surface area contributed by atoms with E-state index in [1.54, 1.807) is 22.9 Å². The Labute approximate surface area is 153 Å². The van der Waals surface area contributed by atoms with Gasteiger partial charge in [0.1, 0.15) is 10.6 Å². The molecule has 0 aliphatic rings. The molecule has 0 radical (unpaired) electrons. The lowest BCUT2D eigenvalue weighted by atomic mass is 10.3. The first-order valence-corrected chi connectivity index (χ1v) is 8.91. The Bertz CT molecular complexity index is 947. The Morgan fingerprint density at radius 3 is 2.73 bits per heavy atom. The maximum absolute atomic E-state index is 13.1. The summed E-state index contributed by atoms with van der Waals surface area (Å²) < 4.78 is 19.4. The fourth-order valence-corrected chi connectivity index (χ4v) is 3.64. The maximum atomic E-state index is 13.1. The van der Waals surface area contributed by atoms with Crippen molar-refractivity contribution in [1.82, 2.24) is 15.1 Å². The van der Waals surface area contributed by atoms with E-state index in [-0.39, 0.29) is 24.1 Å². The summed E-state index contributed by atoms with van der Waals surface area (Å²) in [5.74, 6) is -0.802. The highest BCUT2D eigenvalue weighted by atomic mass is 32.1. The van der Waals surface area contributed by atoms with Crippen LogP contribution in [0, 0.1) is 12.7 Å². The van der Waals surface area contributed by atoms with E-state index >= 15 is 0 Å². The van der Waals surface area contributed by atoms with Crippen molar-refractivity contribution in [1.29, 1.82) is 0 Å². The molecule has 136 valence electrons. The van der Waals surface area contributed by atoms with Crippen LogP contribution in [-0.4, -0.2) is 35.3 Å². The third-order valence-corrected chi connectivity index (χ3v) is 5.02.